The molecule has 2 aromatic carbocycles. The van der Waals surface area contributed by atoms with E-state index in [2.05, 4.69) is 86.2 Å². The van der Waals surface area contributed by atoms with E-state index in [9.17, 15) is 0 Å². The Morgan fingerprint density at radius 2 is 1.82 bits per heavy atom. The van der Waals surface area contributed by atoms with E-state index in [4.69, 9.17) is 4.74 Å². The summed E-state index contributed by atoms with van der Waals surface area (Å²) >= 11 is 1.96. The molecule has 0 fully saturated rings. The molecule has 1 aromatic heterocycles. The Hall–Kier alpha value is -2.20. The molecule has 28 heavy (non-hydrogen) atoms. The molecule has 0 aliphatic heterocycles. The van der Waals surface area contributed by atoms with Gasteiger partial charge >= 0.3 is 0 Å². The maximum Gasteiger partial charge on any atom is 0.120 e. The van der Waals surface area contributed by atoms with Gasteiger partial charge in [0.2, 0.25) is 0 Å². The van der Waals surface area contributed by atoms with E-state index in [1.54, 1.807) is 0 Å². The van der Waals surface area contributed by atoms with Crippen LogP contribution in [0.3, 0.4) is 0 Å². The highest BCUT2D eigenvalue weighted by molar-refractivity contribution is 8.00. The number of aromatic nitrogens is 2. The molecule has 0 bridgehead atoms. The number of thioether (sulfide) groups is 1. The second-order valence-electron chi connectivity index (χ2n) is 8.14. The lowest BCUT2D eigenvalue weighted by Crippen LogP contribution is -2.22. The van der Waals surface area contributed by atoms with Gasteiger partial charge in [0.25, 0.3) is 0 Å². The van der Waals surface area contributed by atoms with Crippen LogP contribution in [0, 0.1) is 6.92 Å². The standard InChI is InChI=1S/C24H30N2OS/c1-18-7-5-6-8-22(18)28-21(17-23-25-15-16-26-23)14-11-19-9-12-20(13-10-19)27-24(2,3)4/h5-10,12-13,15-16,21H,11,14,17H2,1-4H3,(H,25,26). The van der Waals surface area contributed by atoms with Crippen molar-refractivity contribution >= 4 is 11.8 Å². The van der Waals surface area contributed by atoms with Crippen molar-refractivity contribution in [2.75, 3.05) is 0 Å². The molecule has 0 aliphatic rings. The summed E-state index contributed by atoms with van der Waals surface area (Å²) in [7, 11) is 0. The smallest absolute Gasteiger partial charge is 0.120 e. The molecule has 0 spiro atoms. The number of aryl methyl sites for hydroxylation is 2. The van der Waals surface area contributed by atoms with Crippen molar-refractivity contribution in [3.05, 3.63) is 77.9 Å². The highest BCUT2D eigenvalue weighted by atomic mass is 32.2. The largest absolute Gasteiger partial charge is 0.488 e. The number of ether oxygens (including phenoxy) is 1. The first-order valence-corrected chi connectivity index (χ1v) is 10.8. The normalized spacial score (nSPS) is 12.7. The van der Waals surface area contributed by atoms with Crippen molar-refractivity contribution < 1.29 is 4.74 Å². The van der Waals surface area contributed by atoms with Gasteiger partial charge in [-0.15, -0.1) is 11.8 Å². The highest BCUT2D eigenvalue weighted by Crippen LogP contribution is 2.31. The van der Waals surface area contributed by atoms with E-state index in [0.717, 1.165) is 30.8 Å². The summed E-state index contributed by atoms with van der Waals surface area (Å²) in [6.45, 7) is 8.40. The van der Waals surface area contributed by atoms with E-state index in [1.807, 2.05) is 24.2 Å². The molecule has 3 nitrogen and oxygen atoms in total. The molecule has 0 amide bonds. The minimum atomic E-state index is -0.167. The van der Waals surface area contributed by atoms with Gasteiger partial charge in [0, 0.05) is 29.0 Å². The summed E-state index contributed by atoms with van der Waals surface area (Å²) in [6.07, 6.45) is 6.81. The molecule has 0 saturated heterocycles. The van der Waals surface area contributed by atoms with Gasteiger partial charge in [0.15, 0.2) is 0 Å². The lowest BCUT2D eigenvalue weighted by molar-refractivity contribution is 0.131. The lowest BCUT2D eigenvalue weighted by atomic mass is 10.1. The van der Waals surface area contributed by atoms with Crippen LogP contribution in [-0.2, 0) is 12.8 Å². The van der Waals surface area contributed by atoms with Crippen LogP contribution >= 0.6 is 11.8 Å². The number of aromatic amines is 1. The number of hydrogen-bond acceptors (Lipinski definition) is 3. The fraction of sp³-hybridized carbons (Fsp3) is 0.375. The highest BCUT2D eigenvalue weighted by Gasteiger charge is 2.15. The zero-order valence-corrected chi connectivity index (χ0v) is 18.1. The minimum Gasteiger partial charge on any atom is -0.488 e. The van der Waals surface area contributed by atoms with Gasteiger partial charge in [-0.2, -0.15) is 0 Å². The fourth-order valence-electron chi connectivity index (χ4n) is 3.10. The molecule has 1 atom stereocenters. The molecule has 148 valence electrons. The summed E-state index contributed by atoms with van der Waals surface area (Å²) in [5, 5.41) is 0.470. The molecule has 1 N–H and O–H groups in total. The van der Waals surface area contributed by atoms with Crippen LogP contribution in [0.4, 0.5) is 0 Å². The first kappa shape index (κ1) is 20.5. The Morgan fingerprint density at radius 3 is 2.46 bits per heavy atom. The zero-order chi connectivity index (χ0) is 20.0. The van der Waals surface area contributed by atoms with Crippen molar-refractivity contribution in [1.82, 2.24) is 9.97 Å². The third kappa shape index (κ3) is 6.45. The number of imidazole rings is 1. The molecule has 3 aromatic rings. The molecular weight excluding hydrogens is 364 g/mol. The van der Waals surface area contributed by atoms with E-state index < -0.39 is 0 Å². The number of rotatable bonds is 8. The Kier molecular flexibility index (Phi) is 6.84. The molecular formula is C24H30N2OS. The molecule has 1 unspecified atom stereocenters. The predicted octanol–water partition coefficient (Wildman–Crippen LogP) is 6.23. The van der Waals surface area contributed by atoms with E-state index in [-0.39, 0.29) is 5.60 Å². The number of nitrogens with zero attached hydrogens (tertiary/aromatic N) is 1. The zero-order valence-electron chi connectivity index (χ0n) is 17.2. The summed E-state index contributed by atoms with van der Waals surface area (Å²) in [4.78, 5) is 9.04. The maximum absolute atomic E-state index is 5.93. The van der Waals surface area contributed by atoms with Gasteiger partial charge < -0.3 is 9.72 Å². The molecule has 0 aliphatic carbocycles. The van der Waals surface area contributed by atoms with Crippen LogP contribution in [0.2, 0.25) is 0 Å². The van der Waals surface area contributed by atoms with Gasteiger partial charge in [0.1, 0.15) is 17.2 Å². The van der Waals surface area contributed by atoms with Crippen LogP contribution in [0.15, 0.2) is 65.8 Å². The summed E-state index contributed by atoms with van der Waals surface area (Å²) in [6, 6.07) is 17.1. The second-order valence-corrected chi connectivity index (χ2v) is 9.48. The maximum atomic E-state index is 5.93. The minimum absolute atomic E-state index is 0.167. The van der Waals surface area contributed by atoms with Crippen molar-refractivity contribution in [1.29, 1.82) is 0 Å². The van der Waals surface area contributed by atoms with Gasteiger partial charge in [-0.25, -0.2) is 4.98 Å². The number of nitrogens with one attached hydrogen (secondary N) is 1. The third-order valence-corrected chi connectivity index (χ3v) is 5.91. The Morgan fingerprint density at radius 1 is 1.07 bits per heavy atom. The van der Waals surface area contributed by atoms with Crippen LogP contribution in [0.25, 0.3) is 0 Å². The van der Waals surface area contributed by atoms with E-state index in [0.29, 0.717) is 5.25 Å². The summed E-state index contributed by atoms with van der Waals surface area (Å²) in [5.41, 5.74) is 2.51. The van der Waals surface area contributed by atoms with Gasteiger partial charge in [-0.05, 0) is 69.9 Å². The summed E-state index contributed by atoms with van der Waals surface area (Å²) in [5.74, 6) is 1.98. The molecule has 0 saturated carbocycles. The van der Waals surface area contributed by atoms with Gasteiger partial charge in [-0.3, -0.25) is 0 Å². The van der Waals surface area contributed by atoms with E-state index >= 15 is 0 Å². The Balaban J connectivity index is 1.64. The monoisotopic (exact) mass is 394 g/mol. The van der Waals surface area contributed by atoms with Crippen LogP contribution in [-0.4, -0.2) is 20.8 Å². The average Bonchev–Trinajstić information content (AvgIpc) is 3.14. The van der Waals surface area contributed by atoms with Crippen molar-refractivity contribution in [2.45, 2.75) is 62.7 Å². The number of hydrogen-bond donors (Lipinski definition) is 1. The average molecular weight is 395 g/mol. The molecule has 1 heterocycles. The molecule has 4 heteroatoms. The van der Waals surface area contributed by atoms with Crippen molar-refractivity contribution in [3.63, 3.8) is 0 Å². The van der Waals surface area contributed by atoms with E-state index in [1.165, 1.54) is 16.0 Å². The number of benzene rings is 2. The third-order valence-electron chi connectivity index (χ3n) is 4.47. The Bertz CT molecular complexity index is 851. The lowest BCUT2D eigenvalue weighted by Gasteiger charge is -2.21. The Labute approximate surface area is 172 Å². The van der Waals surface area contributed by atoms with Crippen molar-refractivity contribution in [3.8, 4) is 5.75 Å². The number of H-pyrrole nitrogens is 1. The van der Waals surface area contributed by atoms with Crippen LogP contribution < -0.4 is 4.74 Å². The van der Waals surface area contributed by atoms with Gasteiger partial charge in [0.05, 0.1) is 0 Å². The quantitative estimate of drug-likeness (QED) is 0.460. The van der Waals surface area contributed by atoms with Crippen LogP contribution in [0.5, 0.6) is 5.75 Å². The molecule has 3 rings (SSSR count). The van der Waals surface area contributed by atoms with Crippen LogP contribution in [0.1, 0.15) is 44.1 Å². The topological polar surface area (TPSA) is 37.9 Å². The SMILES string of the molecule is Cc1ccccc1SC(CCc1ccc(OC(C)(C)C)cc1)Cc1ncc[nH]1. The van der Waals surface area contributed by atoms with Gasteiger partial charge in [-0.1, -0.05) is 30.3 Å². The molecule has 0 radical (unpaired) electrons. The van der Waals surface area contributed by atoms with Crippen molar-refractivity contribution in [2.24, 2.45) is 0 Å². The summed E-state index contributed by atoms with van der Waals surface area (Å²) < 4.78 is 5.93. The second kappa shape index (κ2) is 9.33. The fourth-order valence-corrected chi connectivity index (χ4v) is 4.35. The first-order chi connectivity index (χ1) is 13.4. The first-order valence-electron chi connectivity index (χ1n) is 9.87. The predicted molar refractivity (Wildman–Crippen MR) is 118 cm³/mol.